The van der Waals surface area contributed by atoms with Crippen molar-refractivity contribution in [3.8, 4) is 5.75 Å². The van der Waals surface area contributed by atoms with E-state index in [0.29, 0.717) is 18.9 Å². The van der Waals surface area contributed by atoms with Gasteiger partial charge in [0.25, 0.3) is 0 Å². The zero-order chi connectivity index (χ0) is 16.0. The van der Waals surface area contributed by atoms with Crippen molar-refractivity contribution in [2.75, 3.05) is 20.7 Å². The minimum Gasteiger partial charge on any atom is -0.496 e. The van der Waals surface area contributed by atoms with E-state index in [0.717, 1.165) is 22.2 Å². The van der Waals surface area contributed by atoms with Gasteiger partial charge in [0, 0.05) is 29.7 Å². The summed E-state index contributed by atoms with van der Waals surface area (Å²) in [5.41, 5.74) is 6.90. The number of hydrogen-bond donors (Lipinski definition) is 1. The van der Waals surface area contributed by atoms with Crippen molar-refractivity contribution in [3.63, 3.8) is 0 Å². The summed E-state index contributed by atoms with van der Waals surface area (Å²) in [6, 6.07) is 5.81. The summed E-state index contributed by atoms with van der Waals surface area (Å²) in [7, 11) is 3.43. The molecule has 2 N–H and O–H groups in total. The van der Waals surface area contributed by atoms with Crippen molar-refractivity contribution in [2.45, 2.75) is 32.7 Å². The van der Waals surface area contributed by atoms with Crippen LogP contribution < -0.4 is 10.5 Å². The first-order valence-electron chi connectivity index (χ1n) is 7.17. The standard InChI is InChI=1S/C16H25BrN2O2/c1-11(2)14(18)7-8-19(3)16(20)10-12-9-13(17)5-6-15(12)21-4/h5-6,9,11,14H,7-8,10,18H2,1-4H3. The van der Waals surface area contributed by atoms with Gasteiger partial charge in [0.15, 0.2) is 0 Å². The molecule has 0 aliphatic carbocycles. The van der Waals surface area contributed by atoms with E-state index in [4.69, 9.17) is 10.5 Å². The fourth-order valence-electron chi connectivity index (χ4n) is 1.98. The van der Waals surface area contributed by atoms with Gasteiger partial charge in [-0.1, -0.05) is 29.8 Å². The van der Waals surface area contributed by atoms with E-state index >= 15 is 0 Å². The van der Waals surface area contributed by atoms with Crippen molar-refractivity contribution < 1.29 is 9.53 Å². The Morgan fingerprint density at radius 2 is 2.10 bits per heavy atom. The van der Waals surface area contributed by atoms with Gasteiger partial charge >= 0.3 is 0 Å². The number of rotatable bonds is 7. The Labute approximate surface area is 135 Å². The van der Waals surface area contributed by atoms with Crippen LogP contribution >= 0.6 is 15.9 Å². The van der Waals surface area contributed by atoms with Gasteiger partial charge in [-0.3, -0.25) is 4.79 Å². The van der Waals surface area contributed by atoms with Gasteiger partial charge in [0.1, 0.15) is 5.75 Å². The maximum Gasteiger partial charge on any atom is 0.226 e. The van der Waals surface area contributed by atoms with Crippen LogP contribution in [0.4, 0.5) is 0 Å². The maximum absolute atomic E-state index is 12.3. The molecule has 0 aliphatic rings. The first-order valence-corrected chi connectivity index (χ1v) is 7.96. The Bertz CT molecular complexity index is 477. The Morgan fingerprint density at radius 3 is 2.67 bits per heavy atom. The molecule has 4 nitrogen and oxygen atoms in total. The second-order valence-corrected chi connectivity index (χ2v) is 6.56. The molecule has 1 atom stereocenters. The Hall–Kier alpha value is -1.07. The Kier molecular flexibility index (Phi) is 7.18. The van der Waals surface area contributed by atoms with Gasteiger partial charge in [0.05, 0.1) is 13.5 Å². The van der Waals surface area contributed by atoms with Gasteiger partial charge in [-0.05, 0) is 30.5 Å². The molecule has 0 saturated heterocycles. The normalized spacial score (nSPS) is 12.3. The second kappa shape index (κ2) is 8.39. The Morgan fingerprint density at radius 1 is 1.43 bits per heavy atom. The molecule has 0 bridgehead atoms. The lowest BCUT2D eigenvalue weighted by atomic mass is 10.0. The maximum atomic E-state index is 12.3. The average Bonchev–Trinajstić information content (AvgIpc) is 2.44. The van der Waals surface area contributed by atoms with Crippen molar-refractivity contribution in [1.29, 1.82) is 0 Å². The molecule has 0 spiro atoms. The molecule has 0 aromatic heterocycles. The molecule has 1 aromatic rings. The number of ether oxygens (including phenoxy) is 1. The van der Waals surface area contributed by atoms with Crippen LogP contribution in [0.25, 0.3) is 0 Å². The highest BCUT2D eigenvalue weighted by molar-refractivity contribution is 9.10. The summed E-state index contributed by atoms with van der Waals surface area (Å²) in [5, 5.41) is 0. The van der Waals surface area contributed by atoms with Gasteiger partial charge in [-0.25, -0.2) is 0 Å². The van der Waals surface area contributed by atoms with Crippen molar-refractivity contribution in [3.05, 3.63) is 28.2 Å². The molecular formula is C16H25BrN2O2. The number of carbonyl (C=O) groups excluding carboxylic acids is 1. The first-order chi connectivity index (χ1) is 9.85. The van der Waals surface area contributed by atoms with Gasteiger partial charge in [0.2, 0.25) is 5.91 Å². The fourth-order valence-corrected chi connectivity index (χ4v) is 2.39. The lowest BCUT2D eigenvalue weighted by molar-refractivity contribution is -0.129. The van der Waals surface area contributed by atoms with Crippen molar-refractivity contribution in [2.24, 2.45) is 11.7 Å². The second-order valence-electron chi connectivity index (χ2n) is 5.64. The summed E-state index contributed by atoms with van der Waals surface area (Å²) < 4.78 is 6.24. The predicted octanol–water partition coefficient (Wildman–Crippen LogP) is 2.83. The van der Waals surface area contributed by atoms with Crippen LogP contribution in [0.15, 0.2) is 22.7 Å². The van der Waals surface area contributed by atoms with Gasteiger partial charge < -0.3 is 15.4 Å². The molecule has 21 heavy (non-hydrogen) atoms. The minimum absolute atomic E-state index is 0.0716. The number of halogens is 1. The quantitative estimate of drug-likeness (QED) is 0.817. The molecule has 1 rings (SSSR count). The summed E-state index contributed by atoms with van der Waals surface area (Å²) >= 11 is 3.42. The zero-order valence-corrected chi connectivity index (χ0v) is 14.8. The summed E-state index contributed by atoms with van der Waals surface area (Å²) in [6.45, 7) is 4.87. The first kappa shape index (κ1) is 18.0. The molecule has 118 valence electrons. The van der Waals surface area contributed by atoms with E-state index in [-0.39, 0.29) is 11.9 Å². The summed E-state index contributed by atoms with van der Waals surface area (Å²) in [6.07, 6.45) is 1.14. The van der Waals surface area contributed by atoms with Crippen molar-refractivity contribution >= 4 is 21.8 Å². The topological polar surface area (TPSA) is 55.6 Å². The van der Waals surface area contributed by atoms with Crippen LogP contribution in [-0.2, 0) is 11.2 Å². The van der Waals surface area contributed by atoms with E-state index in [1.807, 2.05) is 25.2 Å². The number of nitrogens with zero attached hydrogens (tertiary/aromatic N) is 1. The van der Waals surface area contributed by atoms with Crippen LogP contribution in [0.1, 0.15) is 25.8 Å². The number of nitrogens with two attached hydrogens (primary N) is 1. The lowest BCUT2D eigenvalue weighted by Crippen LogP contribution is -2.35. The summed E-state index contributed by atoms with van der Waals surface area (Å²) in [5.74, 6) is 1.24. The molecule has 1 amide bonds. The molecule has 0 radical (unpaired) electrons. The molecule has 0 heterocycles. The molecule has 0 fully saturated rings. The van der Waals surface area contributed by atoms with Gasteiger partial charge in [-0.2, -0.15) is 0 Å². The molecule has 1 aromatic carbocycles. The highest BCUT2D eigenvalue weighted by Gasteiger charge is 2.15. The molecule has 0 saturated carbocycles. The summed E-state index contributed by atoms with van der Waals surface area (Å²) in [4.78, 5) is 14.0. The number of methoxy groups -OCH3 is 1. The largest absolute Gasteiger partial charge is 0.496 e. The molecule has 0 aliphatic heterocycles. The molecule has 5 heteroatoms. The highest BCUT2D eigenvalue weighted by atomic mass is 79.9. The number of hydrogen-bond acceptors (Lipinski definition) is 3. The van der Waals surface area contributed by atoms with E-state index in [1.54, 1.807) is 12.0 Å². The number of carbonyl (C=O) groups is 1. The number of benzene rings is 1. The van der Waals surface area contributed by atoms with E-state index in [1.165, 1.54) is 0 Å². The molecular weight excluding hydrogens is 332 g/mol. The van der Waals surface area contributed by atoms with Crippen LogP contribution in [0.5, 0.6) is 5.75 Å². The van der Waals surface area contributed by atoms with Crippen LogP contribution in [-0.4, -0.2) is 37.6 Å². The van der Waals surface area contributed by atoms with Crippen molar-refractivity contribution in [1.82, 2.24) is 4.90 Å². The van der Waals surface area contributed by atoms with Crippen LogP contribution in [0.3, 0.4) is 0 Å². The van der Waals surface area contributed by atoms with Crippen LogP contribution in [0, 0.1) is 5.92 Å². The third-order valence-electron chi connectivity index (χ3n) is 3.66. The SMILES string of the molecule is COc1ccc(Br)cc1CC(=O)N(C)CCC(N)C(C)C. The van der Waals surface area contributed by atoms with E-state index in [9.17, 15) is 4.79 Å². The Balaban J connectivity index is 2.62. The minimum atomic E-state index is 0.0716. The smallest absolute Gasteiger partial charge is 0.226 e. The fraction of sp³-hybridized carbons (Fsp3) is 0.562. The molecule has 1 unspecified atom stereocenters. The zero-order valence-electron chi connectivity index (χ0n) is 13.2. The predicted molar refractivity (Wildman–Crippen MR) is 89.5 cm³/mol. The third kappa shape index (κ3) is 5.67. The third-order valence-corrected chi connectivity index (χ3v) is 4.16. The van der Waals surface area contributed by atoms with Crippen LogP contribution in [0.2, 0.25) is 0 Å². The highest BCUT2D eigenvalue weighted by Crippen LogP contribution is 2.23. The lowest BCUT2D eigenvalue weighted by Gasteiger charge is -2.22. The van der Waals surface area contributed by atoms with E-state index < -0.39 is 0 Å². The average molecular weight is 357 g/mol. The number of amides is 1. The number of likely N-dealkylation sites (N-methyl/N-ethyl adjacent to an activating group) is 1. The van der Waals surface area contributed by atoms with E-state index in [2.05, 4.69) is 29.8 Å². The monoisotopic (exact) mass is 356 g/mol. The van der Waals surface area contributed by atoms with Gasteiger partial charge in [-0.15, -0.1) is 0 Å².